The van der Waals surface area contributed by atoms with Crippen LogP contribution in [0.5, 0.6) is 0 Å². The number of benzene rings is 1. The van der Waals surface area contributed by atoms with E-state index in [-0.39, 0.29) is 17.1 Å². The molecule has 102 valence electrons. The summed E-state index contributed by atoms with van der Waals surface area (Å²) in [5.41, 5.74) is 2.53. The molecule has 0 aromatic heterocycles. The molecule has 18 heavy (non-hydrogen) atoms. The van der Waals surface area contributed by atoms with Crippen LogP contribution in [0.4, 0.5) is 0 Å². The lowest BCUT2D eigenvalue weighted by Crippen LogP contribution is -2.47. The summed E-state index contributed by atoms with van der Waals surface area (Å²) in [6.07, 6.45) is -0.369. The van der Waals surface area contributed by atoms with Crippen molar-refractivity contribution in [3.05, 3.63) is 35.4 Å². The normalized spacial score (nSPS) is 14.6. The van der Waals surface area contributed by atoms with Gasteiger partial charge in [-0.25, -0.2) is 0 Å². The molecule has 1 rings (SSSR count). The van der Waals surface area contributed by atoms with Gasteiger partial charge in [0.15, 0.2) is 0 Å². The molecule has 0 amide bonds. The largest absolute Gasteiger partial charge is 0.392 e. The zero-order valence-electron chi connectivity index (χ0n) is 12.5. The molecule has 1 atom stereocenters. The Morgan fingerprint density at radius 3 is 1.94 bits per heavy atom. The fourth-order valence-corrected chi connectivity index (χ4v) is 1.60. The van der Waals surface area contributed by atoms with Crippen molar-refractivity contribution in [1.82, 2.24) is 5.32 Å². The van der Waals surface area contributed by atoms with E-state index in [1.165, 1.54) is 11.1 Å². The number of aliphatic hydroxyl groups excluding tert-OH is 1. The van der Waals surface area contributed by atoms with E-state index in [1.54, 1.807) is 0 Å². The van der Waals surface area contributed by atoms with Gasteiger partial charge in [0, 0.05) is 12.1 Å². The van der Waals surface area contributed by atoms with Gasteiger partial charge < -0.3 is 10.4 Å². The predicted octanol–water partition coefficient (Wildman–Crippen LogP) is 3.23. The second-order valence-electron chi connectivity index (χ2n) is 6.70. The minimum atomic E-state index is -0.369. The van der Waals surface area contributed by atoms with Gasteiger partial charge in [0.05, 0.1) is 6.10 Å². The summed E-state index contributed by atoms with van der Waals surface area (Å²) in [5, 5.41) is 13.0. The minimum Gasteiger partial charge on any atom is -0.392 e. The molecule has 0 saturated heterocycles. The van der Waals surface area contributed by atoms with Crippen molar-refractivity contribution in [3.63, 3.8) is 0 Å². The molecule has 0 aliphatic rings. The van der Waals surface area contributed by atoms with Gasteiger partial charge in [0.1, 0.15) is 0 Å². The highest BCUT2D eigenvalue weighted by Gasteiger charge is 2.22. The van der Waals surface area contributed by atoms with E-state index >= 15 is 0 Å². The first-order chi connectivity index (χ1) is 8.13. The number of nitrogens with one attached hydrogen (secondary N) is 1. The van der Waals surface area contributed by atoms with Gasteiger partial charge in [-0.1, -0.05) is 45.0 Å². The van der Waals surface area contributed by atoms with Crippen LogP contribution in [-0.2, 0) is 12.0 Å². The monoisotopic (exact) mass is 249 g/mol. The molecule has 0 radical (unpaired) electrons. The molecular weight excluding hydrogens is 222 g/mol. The molecule has 1 unspecified atom stereocenters. The highest BCUT2D eigenvalue weighted by molar-refractivity contribution is 5.27. The second-order valence-corrected chi connectivity index (χ2v) is 6.70. The van der Waals surface area contributed by atoms with Gasteiger partial charge in [0.2, 0.25) is 0 Å². The van der Waals surface area contributed by atoms with Crippen molar-refractivity contribution in [2.45, 2.75) is 65.1 Å². The van der Waals surface area contributed by atoms with Crippen LogP contribution in [-0.4, -0.2) is 16.7 Å². The molecule has 2 N–H and O–H groups in total. The maximum atomic E-state index is 9.65. The van der Waals surface area contributed by atoms with E-state index in [9.17, 15) is 5.11 Å². The molecule has 2 heteroatoms. The summed E-state index contributed by atoms with van der Waals surface area (Å²) in [5.74, 6) is 0. The van der Waals surface area contributed by atoms with E-state index in [1.807, 2.05) is 20.8 Å². The Labute approximate surface area is 111 Å². The molecule has 2 nitrogen and oxygen atoms in total. The van der Waals surface area contributed by atoms with Gasteiger partial charge in [-0.2, -0.15) is 0 Å². The Morgan fingerprint density at radius 1 is 1.06 bits per heavy atom. The SMILES string of the molecule is CC(O)C(C)(C)NCc1ccc(C(C)(C)C)cc1. The third-order valence-corrected chi connectivity index (χ3v) is 3.61. The lowest BCUT2D eigenvalue weighted by Gasteiger charge is -2.29. The molecule has 0 bridgehead atoms. The van der Waals surface area contributed by atoms with Gasteiger partial charge >= 0.3 is 0 Å². The van der Waals surface area contributed by atoms with Crippen molar-refractivity contribution in [3.8, 4) is 0 Å². The Balaban J connectivity index is 2.65. The predicted molar refractivity (Wildman–Crippen MR) is 77.7 cm³/mol. The van der Waals surface area contributed by atoms with E-state index in [2.05, 4.69) is 50.4 Å². The van der Waals surface area contributed by atoms with Crippen LogP contribution in [0, 0.1) is 0 Å². The van der Waals surface area contributed by atoms with Gasteiger partial charge in [-0.15, -0.1) is 0 Å². The zero-order chi connectivity index (χ0) is 14.0. The Bertz CT molecular complexity index is 371. The van der Waals surface area contributed by atoms with Crippen molar-refractivity contribution in [2.75, 3.05) is 0 Å². The average Bonchev–Trinajstić information content (AvgIpc) is 2.25. The van der Waals surface area contributed by atoms with Crippen molar-refractivity contribution < 1.29 is 5.11 Å². The van der Waals surface area contributed by atoms with Crippen molar-refractivity contribution >= 4 is 0 Å². The smallest absolute Gasteiger partial charge is 0.0688 e. The fraction of sp³-hybridized carbons (Fsp3) is 0.625. The van der Waals surface area contributed by atoms with E-state index in [4.69, 9.17) is 0 Å². The summed E-state index contributed by atoms with van der Waals surface area (Å²) < 4.78 is 0. The molecule has 1 aromatic rings. The van der Waals surface area contributed by atoms with Gasteiger partial charge in [0.25, 0.3) is 0 Å². The molecule has 0 saturated carbocycles. The third kappa shape index (κ3) is 4.11. The highest BCUT2D eigenvalue weighted by Crippen LogP contribution is 2.22. The van der Waals surface area contributed by atoms with Crippen LogP contribution >= 0.6 is 0 Å². The maximum absolute atomic E-state index is 9.65. The summed E-state index contributed by atoms with van der Waals surface area (Å²) in [6, 6.07) is 8.69. The first-order valence-corrected chi connectivity index (χ1v) is 6.65. The summed E-state index contributed by atoms with van der Waals surface area (Å²) in [6.45, 7) is 13.3. The summed E-state index contributed by atoms with van der Waals surface area (Å²) >= 11 is 0. The van der Waals surface area contributed by atoms with E-state index in [0.29, 0.717) is 0 Å². The van der Waals surface area contributed by atoms with Gasteiger partial charge in [-0.3, -0.25) is 0 Å². The topological polar surface area (TPSA) is 32.3 Å². The standard InChI is InChI=1S/C16H27NO/c1-12(18)16(5,6)17-11-13-7-9-14(10-8-13)15(2,3)4/h7-10,12,17-18H,11H2,1-6H3. The molecule has 1 aromatic carbocycles. The molecule has 0 aliphatic heterocycles. The zero-order valence-corrected chi connectivity index (χ0v) is 12.5. The molecular formula is C16H27NO. The molecule has 0 fully saturated rings. The number of hydrogen-bond donors (Lipinski definition) is 2. The van der Waals surface area contributed by atoms with Crippen LogP contribution < -0.4 is 5.32 Å². The lowest BCUT2D eigenvalue weighted by atomic mass is 9.86. The van der Waals surface area contributed by atoms with E-state index < -0.39 is 0 Å². The van der Waals surface area contributed by atoms with Crippen LogP contribution in [0.1, 0.15) is 52.7 Å². The Kier molecular flexibility index (Phi) is 4.57. The first-order valence-electron chi connectivity index (χ1n) is 6.65. The number of aliphatic hydroxyl groups is 1. The minimum absolute atomic E-state index is 0.199. The van der Waals surface area contributed by atoms with Crippen LogP contribution in [0.25, 0.3) is 0 Å². The van der Waals surface area contributed by atoms with Crippen LogP contribution in [0.15, 0.2) is 24.3 Å². The summed E-state index contributed by atoms with van der Waals surface area (Å²) in [7, 11) is 0. The number of rotatable bonds is 4. The van der Waals surface area contributed by atoms with Crippen molar-refractivity contribution in [1.29, 1.82) is 0 Å². The fourth-order valence-electron chi connectivity index (χ4n) is 1.60. The summed E-state index contributed by atoms with van der Waals surface area (Å²) in [4.78, 5) is 0. The first kappa shape index (κ1) is 15.2. The third-order valence-electron chi connectivity index (χ3n) is 3.61. The van der Waals surface area contributed by atoms with Crippen LogP contribution in [0.3, 0.4) is 0 Å². The molecule has 0 spiro atoms. The van der Waals surface area contributed by atoms with E-state index in [0.717, 1.165) is 6.54 Å². The molecule has 0 aliphatic carbocycles. The quantitative estimate of drug-likeness (QED) is 0.858. The second kappa shape index (κ2) is 5.41. The molecule has 0 heterocycles. The number of hydrogen-bond acceptors (Lipinski definition) is 2. The Morgan fingerprint density at radius 2 is 1.56 bits per heavy atom. The lowest BCUT2D eigenvalue weighted by molar-refractivity contribution is 0.0956. The highest BCUT2D eigenvalue weighted by atomic mass is 16.3. The maximum Gasteiger partial charge on any atom is 0.0688 e. The Hall–Kier alpha value is -0.860. The average molecular weight is 249 g/mol. The van der Waals surface area contributed by atoms with Crippen molar-refractivity contribution in [2.24, 2.45) is 0 Å². The van der Waals surface area contributed by atoms with Crippen LogP contribution in [0.2, 0.25) is 0 Å². The van der Waals surface area contributed by atoms with Gasteiger partial charge in [-0.05, 0) is 37.3 Å².